The molecule has 0 saturated carbocycles. The summed E-state index contributed by atoms with van der Waals surface area (Å²) in [6.45, 7) is 4.27. The number of pyridine rings is 2. The molecule has 0 aliphatic rings. The van der Waals surface area contributed by atoms with Crippen LogP contribution in [0.4, 0.5) is 5.69 Å². The molecule has 0 spiro atoms. The van der Waals surface area contributed by atoms with E-state index in [4.69, 9.17) is 14.5 Å². The first kappa shape index (κ1) is 23.8. The molecule has 0 unspecified atom stereocenters. The third kappa shape index (κ3) is 4.50. The van der Waals surface area contributed by atoms with Gasteiger partial charge in [-0.3, -0.25) is 14.3 Å². The predicted octanol–water partition coefficient (Wildman–Crippen LogP) is 4.74. The van der Waals surface area contributed by atoms with Crippen molar-refractivity contribution >= 4 is 37.4 Å². The molecule has 0 fully saturated rings. The number of fused-ring (bicyclic) bond motifs is 2. The second-order valence-corrected chi connectivity index (χ2v) is 10.1. The van der Waals surface area contributed by atoms with Gasteiger partial charge in [0.05, 0.1) is 31.7 Å². The van der Waals surface area contributed by atoms with Crippen molar-refractivity contribution < 1.29 is 17.9 Å². The Labute approximate surface area is 200 Å². The van der Waals surface area contributed by atoms with E-state index in [-0.39, 0.29) is 0 Å². The van der Waals surface area contributed by atoms with Gasteiger partial charge in [-0.1, -0.05) is 6.92 Å². The molecule has 0 bridgehead atoms. The molecule has 0 N–H and O–H groups in total. The van der Waals surface area contributed by atoms with Gasteiger partial charge in [0.1, 0.15) is 0 Å². The molecule has 4 rings (SSSR count). The minimum Gasteiger partial charge on any atom is -0.493 e. The normalized spacial score (nSPS) is 11.7. The fourth-order valence-electron chi connectivity index (χ4n) is 4.35. The van der Waals surface area contributed by atoms with Crippen molar-refractivity contribution in [1.82, 2.24) is 9.97 Å². The van der Waals surface area contributed by atoms with E-state index in [0.717, 1.165) is 44.9 Å². The van der Waals surface area contributed by atoms with Crippen LogP contribution in [0.1, 0.15) is 30.7 Å². The summed E-state index contributed by atoms with van der Waals surface area (Å²) in [5, 5.41) is 2.99. The molecule has 4 aromatic rings. The van der Waals surface area contributed by atoms with Crippen LogP contribution in [-0.4, -0.2) is 45.4 Å². The van der Waals surface area contributed by atoms with Crippen molar-refractivity contribution in [3.05, 3.63) is 65.6 Å². The summed E-state index contributed by atoms with van der Waals surface area (Å²) >= 11 is 0. The van der Waals surface area contributed by atoms with E-state index in [9.17, 15) is 8.42 Å². The van der Waals surface area contributed by atoms with E-state index in [1.807, 2.05) is 43.6 Å². The summed E-state index contributed by atoms with van der Waals surface area (Å²) in [7, 11) is -0.0950. The number of sulfonamides is 1. The number of aryl methyl sites for hydroxylation is 1. The number of aromatic nitrogens is 2. The molecule has 0 aliphatic heterocycles. The lowest BCUT2D eigenvalue weighted by Gasteiger charge is -2.20. The average Bonchev–Trinajstić information content (AvgIpc) is 2.82. The lowest BCUT2D eigenvalue weighted by Crippen LogP contribution is -2.29. The van der Waals surface area contributed by atoms with Crippen molar-refractivity contribution in [2.45, 2.75) is 26.7 Å². The van der Waals surface area contributed by atoms with Crippen LogP contribution in [0, 0.1) is 0 Å². The van der Waals surface area contributed by atoms with Crippen molar-refractivity contribution in [3.8, 4) is 11.5 Å². The topological polar surface area (TPSA) is 81.6 Å². The van der Waals surface area contributed by atoms with Crippen LogP contribution in [0.15, 0.2) is 48.8 Å². The highest BCUT2D eigenvalue weighted by molar-refractivity contribution is 7.92. The van der Waals surface area contributed by atoms with Crippen molar-refractivity contribution in [1.29, 1.82) is 0 Å². The maximum atomic E-state index is 12.2. The van der Waals surface area contributed by atoms with Gasteiger partial charge in [-0.05, 0) is 66.3 Å². The maximum absolute atomic E-state index is 12.2. The Hall–Kier alpha value is -3.39. The molecule has 178 valence electrons. The van der Waals surface area contributed by atoms with Gasteiger partial charge in [0.15, 0.2) is 11.5 Å². The van der Waals surface area contributed by atoms with Gasteiger partial charge in [0, 0.05) is 41.8 Å². The smallest absolute Gasteiger partial charge is 0.232 e. The quantitative estimate of drug-likeness (QED) is 0.363. The minimum absolute atomic E-state index is 0.365. The molecule has 0 amide bonds. The molecule has 8 heteroatoms. The number of hydrogen-bond acceptors (Lipinski definition) is 6. The van der Waals surface area contributed by atoms with Gasteiger partial charge in [-0.15, -0.1) is 0 Å². The zero-order valence-corrected chi connectivity index (χ0v) is 20.9. The first-order chi connectivity index (χ1) is 16.3. The minimum atomic E-state index is -3.36. The highest BCUT2D eigenvalue weighted by Gasteiger charge is 2.16. The second-order valence-electron chi connectivity index (χ2n) is 8.16. The lowest BCUT2D eigenvalue weighted by atomic mass is 9.98. The summed E-state index contributed by atoms with van der Waals surface area (Å²) in [5.41, 5.74) is 4.51. The molecule has 2 heterocycles. The van der Waals surface area contributed by atoms with Gasteiger partial charge in [0.2, 0.25) is 10.0 Å². The summed E-state index contributed by atoms with van der Waals surface area (Å²) in [6.07, 6.45) is 6.42. The SMILES string of the molecule is CCc1ncc(Cc2cnc3ccc(N(CC)S(C)(=O)=O)cc3c2)c2cc(OC)c(OC)cc12. The van der Waals surface area contributed by atoms with E-state index in [1.165, 1.54) is 10.6 Å². The molecule has 0 aliphatic carbocycles. The van der Waals surface area contributed by atoms with Crippen LogP contribution < -0.4 is 13.8 Å². The predicted molar refractivity (Wildman–Crippen MR) is 137 cm³/mol. The number of nitrogens with zero attached hydrogens (tertiary/aromatic N) is 3. The number of anilines is 1. The van der Waals surface area contributed by atoms with Gasteiger partial charge >= 0.3 is 0 Å². The number of rotatable bonds is 8. The van der Waals surface area contributed by atoms with Crippen molar-refractivity contribution in [2.24, 2.45) is 0 Å². The summed E-state index contributed by atoms with van der Waals surface area (Å²) < 4.78 is 36.8. The molecule has 7 nitrogen and oxygen atoms in total. The Bertz CT molecular complexity index is 1470. The summed E-state index contributed by atoms with van der Waals surface area (Å²) in [6, 6.07) is 11.6. The van der Waals surface area contributed by atoms with Gasteiger partial charge < -0.3 is 9.47 Å². The van der Waals surface area contributed by atoms with Gasteiger partial charge in [-0.2, -0.15) is 0 Å². The van der Waals surface area contributed by atoms with Crippen LogP contribution in [0.2, 0.25) is 0 Å². The summed E-state index contributed by atoms with van der Waals surface area (Å²) in [5.74, 6) is 1.35. The van der Waals surface area contributed by atoms with E-state index in [0.29, 0.717) is 30.2 Å². The highest BCUT2D eigenvalue weighted by Crippen LogP contribution is 2.35. The van der Waals surface area contributed by atoms with Crippen LogP contribution in [0.25, 0.3) is 21.7 Å². The van der Waals surface area contributed by atoms with Crippen molar-refractivity contribution in [3.63, 3.8) is 0 Å². The standard InChI is InChI=1S/C26H29N3O4S/c1-6-23-22-14-26(33-4)25(32-3)13-21(22)19(16-28-23)11-17-10-18-12-20(8-9-24(18)27-15-17)29(7-2)34(5,30)31/h8-10,12-16H,6-7,11H2,1-5H3. The van der Waals surface area contributed by atoms with E-state index in [2.05, 4.69) is 18.0 Å². The maximum Gasteiger partial charge on any atom is 0.232 e. The van der Waals surface area contributed by atoms with Crippen molar-refractivity contribution in [2.75, 3.05) is 31.3 Å². The molecule has 2 aromatic carbocycles. The molecule has 34 heavy (non-hydrogen) atoms. The third-order valence-corrected chi connectivity index (χ3v) is 7.25. The first-order valence-corrected chi connectivity index (χ1v) is 13.0. The molecule has 0 saturated heterocycles. The summed E-state index contributed by atoms with van der Waals surface area (Å²) in [4.78, 5) is 9.31. The van der Waals surface area contributed by atoms with Gasteiger partial charge in [-0.25, -0.2) is 8.42 Å². The van der Waals surface area contributed by atoms with Gasteiger partial charge in [0.25, 0.3) is 0 Å². The van der Waals surface area contributed by atoms with E-state index < -0.39 is 10.0 Å². The zero-order valence-electron chi connectivity index (χ0n) is 20.1. The molecule has 0 radical (unpaired) electrons. The molecule has 0 atom stereocenters. The molecular formula is C26H29N3O4S. The Kier molecular flexibility index (Phi) is 6.61. The number of ether oxygens (including phenoxy) is 2. The molecule has 2 aromatic heterocycles. The monoisotopic (exact) mass is 479 g/mol. The number of methoxy groups -OCH3 is 2. The second kappa shape index (κ2) is 9.46. The Balaban J connectivity index is 1.79. The zero-order chi connectivity index (χ0) is 24.5. The lowest BCUT2D eigenvalue weighted by molar-refractivity contribution is 0.356. The van der Waals surface area contributed by atoms with E-state index in [1.54, 1.807) is 20.3 Å². The number of hydrogen-bond donors (Lipinski definition) is 0. The van der Waals surface area contributed by atoms with Crippen LogP contribution in [0.5, 0.6) is 11.5 Å². The Morgan fingerprint density at radius 3 is 2.24 bits per heavy atom. The number of benzene rings is 2. The average molecular weight is 480 g/mol. The van der Waals surface area contributed by atoms with E-state index >= 15 is 0 Å². The van der Waals surface area contributed by atoms with Crippen LogP contribution >= 0.6 is 0 Å². The Morgan fingerprint density at radius 2 is 1.62 bits per heavy atom. The molecular weight excluding hydrogens is 450 g/mol. The largest absolute Gasteiger partial charge is 0.493 e. The van der Waals surface area contributed by atoms with Crippen LogP contribution in [-0.2, 0) is 22.9 Å². The first-order valence-electron chi connectivity index (χ1n) is 11.2. The fraction of sp³-hybridized carbons (Fsp3) is 0.308. The fourth-order valence-corrected chi connectivity index (χ4v) is 5.31. The highest BCUT2D eigenvalue weighted by atomic mass is 32.2. The third-order valence-electron chi connectivity index (χ3n) is 5.98. The Morgan fingerprint density at radius 1 is 0.912 bits per heavy atom. The van der Waals surface area contributed by atoms with Crippen LogP contribution in [0.3, 0.4) is 0 Å².